The zero-order chi connectivity index (χ0) is 48.5. The normalized spacial score (nSPS) is 16.4. The van der Waals surface area contributed by atoms with E-state index in [1.165, 1.54) is 63.8 Å². The number of carbonyl (C=O) groups is 2. The maximum Gasteiger partial charge on any atom is 0.393 e. The summed E-state index contributed by atoms with van der Waals surface area (Å²) in [6.45, 7) is 12.4. The van der Waals surface area contributed by atoms with E-state index >= 15 is 0 Å². The summed E-state index contributed by atoms with van der Waals surface area (Å²) in [6.07, 6.45) is 0.701. The highest BCUT2D eigenvalue weighted by Crippen LogP contribution is 2.37. The molecule has 3 aromatic carbocycles. The molecule has 2 aliphatic carbocycles. The van der Waals surface area contributed by atoms with Gasteiger partial charge in [-0.1, -0.05) is 48.8 Å². The Kier molecular flexibility index (Phi) is 16.6. The Morgan fingerprint density at radius 2 is 1.24 bits per heavy atom. The van der Waals surface area contributed by atoms with Crippen molar-refractivity contribution in [3.8, 4) is 23.1 Å². The lowest BCUT2D eigenvalue weighted by Crippen LogP contribution is -2.53. The fraction of sp³-hybridized carbons (Fsp3) is 0.463. The number of carbonyl (C=O) groups excluding carboxylic acids is 2. The Bertz CT molecular complexity index is 2510. The van der Waals surface area contributed by atoms with E-state index in [1.54, 1.807) is 27.3 Å². The molecule has 68 heavy (non-hydrogen) atoms. The molecule has 2 aliphatic heterocycles. The van der Waals surface area contributed by atoms with Crippen LogP contribution in [-0.4, -0.2) is 100 Å². The van der Waals surface area contributed by atoms with Crippen molar-refractivity contribution in [3.63, 3.8) is 0 Å². The molecule has 0 unspecified atom stereocenters. The quantitative estimate of drug-likeness (QED) is 0.107. The van der Waals surface area contributed by atoms with Crippen molar-refractivity contribution < 1.29 is 41.7 Å². The first-order valence-electron chi connectivity index (χ1n) is 23.7. The van der Waals surface area contributed by atoms with E-state index in [-0.39, 0.29) is 35.8 Å². The monoisotopic (exact) mass is 937 g/mol. The standard InChI is InChI=1S/C27H31F3N2O3.C27H35N3O3/c1-17-20(13-32-14-22(15-32)26(33)31-2)7-6-19-11-23(8-9-24(17)19)35-16-21-5-4-18(10-25(21)34-3)12-27(28,29)30;1-5-6-23-11-19(12-26(29-23)32-4)17-33-24-9-10-25-18(2)21(8-7-20(25)13-24)14-30-15-22(16-30)27(31)28-3/h4-5,8-11,22H,6-7,12-16H2,1-3H3,(H,31,33);9-13,22H,5-8,14-17H2,1-4H3,(H,28,31). The van der Waals surface area contributed by atoms with Crippen molar-refractivity contribution in [2.75, 3.05) is 67.6 Å². The number of fused-ring (bicyclic) bond motifs is 2. The summed E-state index contributed by atoms with van der Waals surface area (Å²) in [5.41, 5.74) is 13.6. The second-order valence-corrected chi connectivity index (χ2v) is 18.4. The summed E-state index contributed by atoms with van der Waals surface area (Å²) >= 11 is 0. The number of ether oxygens (including phenoxy) is 4. The zero-order valence-electron chi connectivity index (χ0n) is 40.5. The lowest BCUT2D eigenvalue weighted by molar-refractivity contribution is -0.130. The Hall–Kier alpha value is -5.86. The maximum absolute atomic E-state index is 12.7. The molecule has 4 aromatic rings. The molecular weight excluding hydrogens is 872 g/mol. The first-order valence-corrected chi connectivity index (χ1v) is 23.7. The third-order valence-electron chi connectivity index (χ3n) is 13.6. The van der Waals surface area contributed by atoms with Gasteiger partial charge in [-0.05, 0) is 127 Å². The molecule has 0 radical (unpaired) electrons. The average molecular weight is 938 g/mol. The lowest BCUT2D eigenvalue weighted by atomic mass is 9.85. The molecule has 2 amide bonds. The predicted molar refractivity (Wildman–Crippen MR) is 259 cm³/mol. The van der Waals surface area contributed by atoms with Crippen molar-refractivity contribution in [3.05, 3.63) is 123 Å². The first-order chi connectivity index (χ1) is 32.7. The van der Waals surface area contributed by atoms with Crippen LogP contribution in [0.4, 0.5) is 13.2 Å². The van der Waals surface area contributed by atoms with Gasteiger partial charge < -0.3 is 29.6 Å². The van der Waals surface area contributed by atoms with E-state index in [2.05, 4.69) is 76.5 Å². The van der Waals surface area contributed by atoms with Crippen LogP contribution in [0, 0.1) is 11.8 Å². The zero-order valence-corrected chi connectivity index (χ0v) is 40.5. The number of pyridine rings is 1. The minimum atomic E-state index is -4.26. The summed E-state index contributed by atoms with van der Waals surface area (Å²) in [5.74, 6) is 3.15. The Labute approximate surface area is 399 Å². The second-order valence-electron chi connectivity index (χ2n) is 18.4. The Morgan fingerprint density at radius 3 is 1.72 bits per heavy atom. The number of amides is 2. The van der Waals surface area contributed by atoms with Gasteiger partial charge in [-0.2, -0.15) is 13.2 Å². The number of methoxy groups -OCH3 is 2. The number of likely N-dealkylation sites (tertiary alicyclic amines) is 2. The van der Waals surface area contributed by atoms with Gasteiger partial charge in [0.15, 0.2) is 0 Å². The van der Waals surface area contributed by atoms with Crippen LogP contribution >= 0.6 is 0 Å². The Morgan fingerprint density at radius 1 is 0.691 bits per heavy atom. The summed E-state index contributed by atoms with van der Waals surface area (Å²) < 4.78 is 60.9. The fourth-order valence-electron chi connectivity index (χ4n) is 9.63. The molecule has 2 fully saturated rings. The van der Waals surface area contributed by atoms with Gasteiger partial charge in [-0.25, -0.2) is 4.98 Å². The van der Waals surface area contributed by atoms with Gasteiger partial charge in [-0.3, -0.25) is 19.4 Å². The minimum absolute atomic E-state index is 0.0935. The smallest absolute Gasteiger partial charge is 0.393 e. The van der Waals surface area contributed by atoms with Gasteiger partial charge in [0.1, 0.15) is 30.5 Å². The van der Waals surface area contributed by atoms with Crippen molar-refractivity contribution in [1.82, 2.24) is 25.4 Å². The van der Waals surface area contributed by atoms with Crippen LogP contribution in [-0.2, 0) is 48.5 Å². The molecular formula is C54H66F3N5O6. The molecule has 11 nitrogen and oxygen atoms in total. The summed E-state index contributed by atoms with van der Waals surface area (Å²) in [6, 6.07) is 21.1. The first kappa shape index (κ1) is 50.0. The van der Waals surface area contributed by atoms with Crippen molar-refractivity contribution in [1.29, 1.82) is 0 Å². The van der Waals surface area contributed by atoms with E-state index in [4.69, 9.17) is 18.9 Å². The van der Waals surface area contributed by atoms with Crippen LogP contribution in [0.1, 0.15) is 84.7 Å². The van der Waals surface area contributed by atoms with Crippen molar-refractivity contribution in [2.24, 2.45) is 11.8 Å². The lowest BCUT2D eigenvalue weighted by Gasteiger charge is -2.39. The molecule has 2 N–H and O–H groups in total. The number of alkyl halides is 3. The number of hydrogen-bond acceptors (Lipinski definition) is 9. The minimum Gasteiger partial charge on any atom is -0.496 e. The largest absolute Gasteiger partial charge is 0.496 e. The number of hydrogen-bond donors (Lipinski definition) is 2. The molecule has 1 aromatic heterocycles. The SMILES string of the molecule is CCCc1cc(COc2ccc3c(c2)CCC(CN2CC(C(=O)NC)C2)=C3C)cc(OC)n1.CNC(=O)C1CN(CC2=C(C)c3ccc(OCc4ccc(CC(F)(F)F)cc4OC)cc3CC2)C1. The molecule has 3 heterocycles. The number of benzene rings is 3. The molecule has 14 heteroatoms. The second kappa shape index (κ2) is 22.5. The van der Waals surface area contributed by atoms with Crippen LogP contribution in [0.3, 0.4) is 0 Å². The van der Waals surface area contributed by atoms with Crippen LogP contribution in [0.5, 0.6) is 23.1 Å². The number of nitrogens with zero attached hydrogens (tertiary/aromatic N) is 3. The van der Waals surface area contributed by atoms with Crippen LogP contribution in [0.15, 0.2) is 77.9 Å². The van der Waals surface area contributed by atoms with Gasteiger partial charge in [0.05, 0.1) is 32.5 Å². The summed E-state index contributed by atoms with van der Waals surface area (Å²) in [5, 5.41) is 5.47. The molecule has 364 valence electrons. The van der Waals surface area contributed by atoms with E-state index < -0.39 is 12.6 Å². The van der Waals surface area contributed by atoms with Gasteiger partial charge in [0.2, 0.25) is 17.7 Å². The molecule has 0 atom stereocenters. The van der Waals surface area contributed by atoms with Crippen LogP contribution < -0.4 is 29.6 Å². The highest BCUT2D eigenvalue weighted by atomic mass is 19.4. The average Bonchev–Trinajstić information content (AvgIpc) is 3.30. The van der Waals surface area contributed by atoms with E-state index in [0.717, 1.165) is 101 Å². The number of nitrogens with one attached hydrogen (secondary N) is 2. The number of rotatable bonds is 17. The molecule has 8 rings (SSSR count). The van der Waals surface area contributed by atoms with Crippen molar-refractivity contribution >= 4 is 23.0 Å². The molecule has 0 spiro atoms. The number of aryl methyl sites for hydroxylation is 3. The van der Waals surface area contributed by atoms with E-state index in [9.17, 15) is 22.8 Å². The third-order valence-corrected chi connectivity index (χ3v) is 13.6. The maximum atomic E-state index is 12.7. The van der Waals surface area contributed by atoms with E-state index in [1.807, 2.05) is 18.2 Å². The third kappa shape index (κ3) is 12.6. The predicted octanol–water partition coefficient (Wildman–Crippen LogP) is 8.80. The number of allylic oxidation sites excluding steroid dienone is 2. The van der Waals surface area contributed by atoms with E-state index in [0.29, 0.717) is 23.8 Å². The highest BCUT2D eigenvalue weighted by molar-refractivity contribution is 5.80. The molecule has 2 saturated heterocycles. The van der Waals surface area contributed by atoms with Gasteiger partial charge in [0, 0.05) is 70.7 Å². The van der Waals surface area contributed by atoms with Crippen LogP contribution in [0.25, 0.3) is 11.1 Å². The van der Waals surface area contributed by atoms with Gasteiger partial charge >= 0.3 is 6.18 Å². The Balaban J connectivity index is 0.000000202. The topological polar surface area (TPSA) is 114 Å². The van der Waals surface area contributed by atoms with Gasteiger partial charge in [0.25, 0.3) is 0 Å². The van der Waals surface area contributed by atoms with Crippen molar-refractivity contribution in [2.45, 2.75) is 85.1 Å². The number of halogens is 3. The fourth-order valence-corrected chi connectivity index (χ4v) is 9.63. The molecule has 0 bridgehead atoms. The van der Waals surface area contributed by atoms with Crippen LogP contribution in [0.2, 0.25) is 0 Å². The molecule has 0 saturated carbocycles. The number of aromatic nitrogens is 1. The van der Waals surface area contributed by atoms with Gasteiger partial charge in [-0.15, -0.1) is 0 Å². The molecule has 4 aliphatic rings. The summed E-state index contributed by atoms with van der Waals surface area (Å²) in [7, 11) is 6.49. The summed E-state index contributed by atoms with van der Waals surface area (Å²) in [4.78, 5) is 32.7. The highest BCUT2D eigenvalue weighted by Gasteiger charge is 2.34.